The van der Waals surface area contributed by atoms with Gasteiger partial charge in [-0.2, -0.15) is 0 Å². The van der Waals surface area contributed by atoms with Crippen molar-refractivity contribution >= 4 is 39.1 Å². The normalized spacial score (nSPS) is 10.5. The van der Waals surface area contributed by atoms with Crippen LogP contribution in [0, 0.1) is 6.92 Å². The minimum atomic E-state index is 0.617. The highest BCUT2D eigenvalue weighted by Gasteiger charge is 2.06. The molecule has 2 aromatic rings. The number of hydrogen-bond acceptors (Lipinski definition) is 1. The van der Waals surface area contributed by atoms with Gasteiger partial charge in [0.15, 0.2) is 0 Å². The lowest BCUT2D eigenvalue weighted by Gasteiger charge is -2.06. The van der Waals surface area contributed by atoms with E-state index in [1.807, 2.05) is 25.1 Å². The number of rotatable bonds is 1. The molecule has 0 fully saturated rings. The first-order valence-corrected chi connectivity index (χ1v) is 6.20. The Labute approximate surface area is 113 Å². The first-order valence-electron chi connectivity index (χ1n) is 4.65. The van der Waals surface area contributed by atoms with Crippen molar-refractivity contribution in [3.8, 4) is 11.3 Å². The Bertz CT molecular complexity index is 520. The number of nitrogens with zero attached hydrogens (tertiary/aromatic N) is 1. The maximum atomic E-state index is 5.96. The second-order valence-electron chi connectivity index (χ2n) is 3.48. The second-order valence-corrected chi connectivity index (χ2v) is 5.27. The molecule has 2 rings (SSSR count). The summed E-state index contributed by atoms with van der Waals surface area (Å²) in [6.45, 7) is 2.00. The van der Waals surface area contributed by atoms with E-state index in [4.69, 9.17) is 23.2 Å². The van der Waals surface area contributed by atoms with Gasteiger partial charge in [0.1, 0.15) is 0 Å². The van der Waals surface area contributed by atoms with Crippen molar-refractivity contribution in [2.75, 3.05) is 0 Å². The third-order valence-electron chi connectivity index (χ3n) is 2.18. The molecule has 0 aliphatic rings. The number of pyridine rings is 1. The molecule has 0 unspecified atom stereocenters. The molecule has 1 aromatic heterocycles. The highest BCUT2D eigenvalue weighted by molar-refractivity contribution is 9.10. The Morgan fingerprint density at radius 2 is 1.69 bits per heavy atom. The van der Waals surface area contributed by atoms with Gasteiger partial charge in [0.25, 0.3) is 0 Å². The lowest BCUT2D eigenvalue weighted by molar-refractivity contribution is 1.25. The largest absolute Gasteiger partial charge is 0.255 e. The molecule has 1 heterocycles. The zero-order chi connectivity index (χ0) is 11.7. The second kappa shape index (κ2) is 4.74. The minimum Gasteiger partial charge on any atom is -0.255 e. The molecule has 0 atom stereocenters. The Morgan fingerprint density at radius 3 is 2.25 bits per heavy atom. The van der Waals surface area contributed by atoms with Crippen LogP contribution >= 0.6 is 39.1 Å². The Balaban J connectivity index is 2.58. The molecule has 0 amide bonds. The van der Waals surface area contributed by atoms with Crippen molar-refractivity contribution in [1.29, 1.82) is 0 Å². The molecule has 0 saturated heterocycles. The van der Waals surface area contributed by atoms with Gasteiger partial charge < -0.3 is 0 Å². The van der Waals surface area contributed by atoms with Gasteiger partial charge >= 0.3 is 0 Å². The summed E-state index contributed by atoms with van der Waals surface area (Å²) in [5.74, 6) is 0. The van der Waals surface area contributed by atoms with Crippen LogP contribution in [0.2, 0.25) is 10.0 Å². The highest BCUT2D eigenvalue weighted by atomic mass is 79.9. The predicted molar refractivity (Wildman–Crippen MR) is 72.1 cm³/mol. The van der Waals surface area contributed by atoms with Gasteiger partial charge in [0, 0.05) is 26.3 Å². The van der Waals surface area contributed by atoms with Crippen LogP contribution in [0.5, 0.6) is 0 Å². The molecule has 0 aliphatic heterocycles. The van der Waals surface area contributed by atoms with Crippen LogP contribution in [0.1, 0.15) is 5.56 Å². The Morgan fingerprint density at radius 1 is 1.06 bits per heavy atom. The number of halogens is 3. The van der Waals surface area contributed by atoms with Gasteiger partial charge in [0.05, 0.1) is 5.69 Å². The number of hydrogen-bond donors (Lipinski definition) is 0. The van der Waals surface area contributed by atoms with Crippen LogP contribution in [0.25, 0.3) is 11.3 Å². The van der Waals surface area contributed by atoms with Crippen LogP contribution in [0.3, 0.4) is 0 Å². The van der Waals surface area contributed by atoms with Crippen molar-refractivity contribution < 1.29 is 0 Å². The molecule has 0 saturated carbocycles. The maximum Gasteiger partial charge on any atom is 0.0732 e. The fourth-order valence-corrected chi connectivity index (χ4v) is 2.51. The van der Waals surface area contributed by atoms with Crippen LogP contribution in [-0.2, 0) is 0 Å². The van der Waals surface area contributed by atoms with E-state index in [0.29, 0.717) is 10.0 Å². The SMILES string of the molecule is Cc1cc(Br)cnc1-c1cc(Cl)cc(Cl)c1. The summed E-state index contributed by atoms with van der Waals surface area (Å²) in [6, 6.07) is 7.44. The smallest absolute Gasteiger partial charge is 0.0732 e. The van der Waals surface area contributed by atoms with E-state index in [9.17, 15) is 0 Å². The zero-order valence-electron chi connectivity index (χ0n) is 8.47. The van der Waals surface area contributed by atoms with Gasteiger partial charge in [-0.05, 0) is 52.7 Å². The fourth-order valence-electron chi connectivity index (χ4n) is 1.53. The van der Waals surface area contributed by atoms with E-state index in [1.165, 1.54) is 0 Å². The summed E-state index contributed by atoms with van der Waals surface area (Å²) in [4.78, 5) is 4.37. The molecule has 4 heteroatoms. The van der Waals surface area contributed by atoms with Crippen LogP contribution < -0.4 is 0 Å². The number of aryl methyl sites for hydroxylation is 1. The van der Waals surface area contributed by atoms with Gasteiger partial charge in [-0.1, -0.05) is 23.2 Å². The molecule has 0 N–H and O–H groups in total. The van der Waals surface area contributed by atoms with Gasteiger partial charge in [-0.25, -0.2) is 0 Å². The molecule has 0 bridgehead atoms. The van der Waals surface area contributed by atoms with Gasteiger partial charge in [0.2, 0.25) is 0 Å². The summed E-state index contributed by atoms with van der Waals surface area (Å²) in [5, 5.41) is 1.23. The van der Waals surface area contributed by atoms with Crippen molar-refractivity contribution in [3.05, 3.63) is 50.5 Å². The van der Waals surface area contributed by atoms with E-state index >= 15 is 0 Å². The lowest BCUT2D eigenvalue weighted by atomic mass is 10.1. The summed E-state index contributed by atoms with van der Waals surface area (Å²) in [7, 11) is 0. The fraction of sp³-hybridized carbons (Fsp3) is 0.0833. The third kappa shape index (κ3) is 2.57. The van der Waals surface area contributed by atoms with Crippen LogP contribution in [0.4, 0.5) is 0 Å². The molecular weight excluding hydrogens is 309 g/mol. The van der Waals surface area contributed by atoms with E-state index < -0.39 is 0 Å². The predicted octanol–water partition coefficient (Wildman–Crippen LogP) is 5.13. The first-order chi connectivity index (χ1) is 7.56. The Hall–Kier alpha value is -0.570. The standard InChI is InChI=1S/C12H8BrCl2N/c1-7-2-9(13)6-16-12(7)8-3-10(14)5-11(15)4-8/h2-6H,1H3. The molecular formula is C12H8BrCl2N. The first kappa shape index (κ1) is 11.9. The monoisotopic (exact) mass is 315 g/mol. The van der Waals surface area contributed by atoms with E-state index in [-0.39, 0.29) is 0 Å². The average Bonchev–Trinajstić information content (AvgIpc) is 2.15. The summed E-state index contributed by atoms with van der Waals surface area (Å²) >= 11 is 15.3. The van der Waals surface area contributed by atoms with Crippen molar-refractivity contribution in [2.45, 2.75) is 6.92 Å². The third-order valence-corrected chi connectivity index (χ3v) is 3.05. The van der Waals surface area contributed by atoms with E-state index in [1.54, 1.807) is 12.3 Å². The van der Waals surface area contributed by atoms with Gasteiger partial charge in [-0.15, -0.1) is 0 Å². The molecule has 1 nitrogen and oxygen atoms in total. The number of benzene rings is 1. The molecule has 1 aromatic carbocycles. The average molecular weight is 317 g/mol. The van der Waals surface area contributed by atoms with Crippen LogP contribution in [-0.4, -0.2) is 4.98 Å². The van der Waals surface area contributed by atoms with E-state index in [2.05, 4.69) is 20.9 Å². The van der Waals surface area contributed by atoms with Crippen molar-refractivity contribution in [3.63, 3.8) is 0 Å². The van der Waals surface area contributed by atoms with Crippen LogP contribution in [0.15, 0.2) is 34.9 Å². The molecule has 0 radical (unpaired) electrons. The molecule has 0 spiro atoms. The summed E-state index contributed by atoms with van der Waals surface area (Å²) < 4.78 is 0.960. The van der Waals surface area contributed by atoms with Crippen molar-refractivity contribution in [1.82, 2.24) is 4.98 Å². The van der Waals surface area contributed by atoms with Gasteiger partial charge in [-0.3, -0.25) is 4.98 Å². The topological polar surface area (TPSA) is 12.9 Å². The summed E-state index contributed by atoms with van der Waals surface area (Å²) in [5.41, 5.74) is 2.91. The zero-order valence-corrected chi connectivity index (χ0v) is 11.6. The quantitative estimate of drug-likeness (QED) is 0.711. The molecule has 82 valence electrons. The molecule has 16 heavy (non-hydrogen) atoms. The molecule has 0 aliphatic carbocycles. The Kier molecular flexibility index (Phi) is 3.53. The maximum absolute atomic E-state index is 5.96. The minimum absolute atomic E-state index is 0.617. The van der Waals surface area contributed by atoms with E-state index in [0.717, 1.165) is 21.3 Å². The van der Waals surface area contributed by atoms with Crippen molar-refractivity contribution in [2.24, 2.45) is 0 Å². The number of aromatic nitrogens is 1. The highest BCUT2D eigenvalue weighted by Crippen LogP contribution is 2.28. The summed E-state index contributed by atoms with van der Waals surface area (Å²) in [6.07, 6.45) is 1.76. The lowest BCUT2D eigenvalue weighted by Crippen LogP contribution is -1.88.